The van der Waals surface area contributed by atoms with Crippen LogP contribution in [0, 0.1) is 5.41 Å². The van der Waals surface area contributed by atoms with Gasteiger partial charge in [0.25, 0.3) is 0 Å². The third-order valence-corrected chi connectivity index (χ3v) is 3.86. The van der Waals surface area contributed by atoms with E-state index in [-0.39, 0.29) is 0 Å². The molecule has 0 amide bonds. The van der Waals surface area contributed by atoms with E-state index >= 15 is 0 Å². The Morgan fingerprint density at radius 1 is 1.41 bits per heavy atom. The molecule has 0 aromatic carbocycles. The predicted molar refractivity (Wildman–Crippen MR) is 70.9 cm³/mol. The van der Waals surface area contributed by atoms with Crippen LogP contribution in [0.5, 0.6) is 0 Å². The summed E-state index contributed by atoms with van der Waals surface area (Å²) in [7, 11) is 0. The maximum absolute atomic E-state index is 4.55. The largest absolute Gasteiger partial charge is 0.311 e. The smallest absolute Gasteiger partial charge is 0.0762 e. The zero-order valence-electron chi connectivity index (χ0n) is 11.4. The van der Waals surface area contributed by atoms with E-state index in [0.29, 0.717) is 11.5 Å². The predicted octanol–water partition coefficient (Wildman–Crippen LogP) is 3.13. The topological polar surface area (TPSA) is 29.9 Å². The quantitative estimate of drug-likeness (QED) is 0.849. The lowest BCUT2D eigenvalue weighted by atomic mass is 9.89. The first-order valence-electron chi connectivity index (χ1n) is 6.84. The van der Waals surface area contributed by atoms with Crippen molar-refractivity contribution in [3.05, 3.63) is 18.0 Å². The average molecular weight is 235 g/mol. The summed E-state index contributed by atoms with van der Waals surface area (Å²) >= 11 is 0. The molecule has 0 bridgehead atoms. The Balaban J connectivity index is 1.77. The van der Waals surface area contributed by atoms with E-state index in [2.05, 4.69) is 43.4 Å². The molecule has 1 heterocycles. The van der Waals surface area contributed by atoms with Crippen molar-refractivity contribution >= 4 is 0 Å². The van der Waals surface area contributed by atoms with Gasteiger partial charge in [0.1, 0.15) is 0 Å². The molecular formula is C14H25N3. The van der Waals surface area contributed by atoms with Gasteiger partial charge in [0.2, 0.25) is 0 Å². The number of hydrogen-bond acceptors (Lipinski definition) is 2. The molecule has 0 aliphatic heterocycles. The first kappa shape index (κ1) is 12.6. The van der Waals surface area contributed by atoms with Crippen molar-refractivity contribution in [2.75, 3.05) is 6.54 Å². The summed E-state index contributed by atoms with van der Waals surface area (Å²) in [5.74, 6) is 0. The zero-order valence-corrected chi connectivity index (χ0v) is 11.4. The SMILES string of the molecule is CC(C)n1ccc(CNCC2(C)CCCC2)n1. The van der Waals surface area contributed by atoms with Crippen LogP contribution in [0.3, 0.4) is 0 Å². The Kier molecular flexibility index (Phi) is 3.87. The standard InChI is InChI=1S/C14H25N3/c1-12(2)17-9-6-13(16-17)10-15-11-14(3)7-4-5-8-14/h6,9,12,15H,4-5,7-8,10-11H2,1-3H3. The second-order valence-corrected chi connectivity index (χ2v) is 6.00. The van der Waals surface area contributed by atoms with Gasteiger partial charge in [0.15, 0.2) is 0 Å². The molecule has 0 radical (unpaired) electrons. The summed E-state index contributed by atoms with van der Waals surface area (Å²) < 4.78 is 2.02. The van der Waals surface area contributed by atoms with Gasteiger partial charge in [-0.2, -0.15) is 5.10 Å². The van der Waals surface area contributed by atoms with E-state index < -0.39 is 0 Å². The normalized spacial score (nSPS) is 19.1. The van der Waals surface area contributed by atoms with Crippen LogP contribution in [-0.2, 0) is 6.54 Å². The second kappa shape index (κ2) is 5.21. The average Bonchev–Trinajstić information content (AvgIpc) is 2.88. The first-order chi connectivity index (χ1) is 8.09. The van der Waals surface area contributed by atoms with Crippen molar-refractivity contribution in [1.82, 2.24) is 15.1 Å². The summed E-state index contributed by atoms with van der Waals surface area (Å²) in [6.07, 6.45) is 7.63. The van der Waals surface area contributed by atoms with Crippen LogP contribution < -0.4 is 5.32 Å². The molecule has 1 N–H and O–H groups in total. The van der Waals surface area contributed by atoms with Crippen molar-refractivity contribution in [2.45, 2.75) is 59.0 Å². The van der Waals surface area contributed by atoms with Gasteiger partial charge in [-0.3, -0.25) is 4.68 Å². The molecule has 1 aliphatic carbocycles. The monoisotopic (exact) mass is 235 g/mol. The zero-order chi connectivity index (χ0) is 12.3. The van der Waals surface area contributed by atoms with Gasteiger partial charge < -0.3 is 5.32 Å². The van der Waals surface area contributed by atoms with Crippen molar-refractivity contribution in [3.63, 3.8) is 0 Å². The summed E-state index contributed by atoms with van der Waals surface area (Å²) in [5, 5.41) is 8.11. The van der Waals surface area contributed by atoms with Gasteiger partial charge in [-0.1, -0.05) is 19.8 Å². The lowest BCUT2D eigenvalue weighted by Gasteiger charge is -2.23. The molecule has 2 rings (SSSR count). The van der Waals surface area contributed by atoms with Crippen LogP contribution in [0.1, 0.15) is 58.2 Å². The van der Waals surface area contributed by atoms with Gasteiger partial charge in [0, 0.05) is 25.3 Å². The highest BCUT2D eigenvalue weighted by Gasteiger charge is 2.27. The number of aromatic nitrogens is 2. The molecule has 1 saturated carbocycles. The number of rotatable bonds is 5. The van der Waals surface area contributed by atoms with Crippen molar-refractivity contribution < 1.29 is 0 Å². The molecule has 1 fully saturated rings. The van der Waals surface area contributed by atoms with Crippen molar-refractivity contribution in [1.29, 1.82) is 0 Å². The van der Waals surface area contributed by atoms with Crippen LogP contribution in [0.4, 0.5) is 0 Å². The minimum atomic E-state index is 0.455. The Morgan fingerprint density at radius 2 is 2.12 bits per heavy atom. The fourth-order valence-electron chi connectivity index (χ4n) is 2.66. The van der Waals surface area contributed by atoms with Crippen molar-refractivity contribution in [3.8, 4) is 0 Å². The van der Waals surface area contributed by atoms with E-state index in [0.717, 1.165) is 18.8 Å². The van der Waals surface area contributed by atoms with Crippen LogP contribution in [0.15, 0.2) is 12.3 Å². The third kappa shape index (κ3) is 3.32. The summed E-state index contributed by atoms with van der Waals surface area (Å²) in [4.78, 5) is 0. The van der Waals surface area contributed by atoms with E-state index in [1.165, 1.54) is 25.7 Å². The molecule has 0 saturated heterocycles. The highest BCUT2D eigenvalue weighted by atomic mass is 15.3. The molecule has 3 heteroatoms. The second-order valence-electron chi connectivity index (χ2n) is 6.00. The van der Waals surface area contributed by atoms with Gasteiger partial charge in [0.05, 0.1) is 5.69 Å². The van der Waals surface area contributed by atoms with Gasteiger partial charge in [-0.15, -0.1) is 0 Å². The first-order valence-corrected chi connectivity index (χ1v) is 6.84. The molecule has 0 spiro atoms. The maximum Gasteiger partial charge on any atom is 0.0762 e. The molecule has 0 atom stereocenters. The van der Waals surface area contributed by atoms with Crippen LogP contribution in [0.2, 0.25) is 0 Å². The van der Waals surface area contributed by atoms with Crippen LogP contribution in [-0.4, -0.2) is 16.3 Å². The van der Waals surface area contributed by atoms with E-state index in [1.54, 1.807) is 0 Å². The lowest BCUT2D eigenvalue weighted by molar-refractivity contribution is 0.313. The number of nitrogens with one attached hydrogen (secondary N) is 1. The number of nitrogens with zero attached hydrogens (tertiary/aromatic N) is 2. The Hall–Kier alpha value is -0.830. The summed E-state index contributed by atoms with van der Waals surface area (Å²) in [6.45, 7) is 8.74. The fraction of sp³-hybridized carbons (Fsp3) is 0.786. The van der Waals surface area contributed by atoms with E-state index in [1.807, 2.05) is 4.68 Å². The fourth-order valence-corrected chi connectivity index (χ4v) is 2.66. The third-order valence-electron chi connectivity index (χ3n) is 3.86. The minimum Gasteiger partial charge on any atom is -0.311 e. The van der Waals surface area contributed by atoms with Gasteiger partial charge in [-0.05, 0) is 38.2 Å². The summed E-state index contributed by atoms with van der Waals surface area (Å²) in [6, 6.07) is 2.57. The molecular weight excluding hydrogens is 210 g/mol. The Bertz CT molecular complexity index is 348. The summed E-state index contributed by atoms with van der Waals surface area (Å²) in [5.41, 5.74) is 1.68. The van der Waals surface area contributed by atoms with Gasteiger partial charge in [-0.25, -0.2) is 0 Å². The van der Waals surface area contributed by atoms with E-state index in [4.69, 9.17) is 0 Å². The lowest BCUT2D eigenvalue weighted by Crippen LogP contribution is -2.29. The van der Waals surface area contributed by atoms with Crippen LogP contribution >= 0.6 is 0 Å². The Labute approximate surface area is 105 Å². The molecule has 1 aliphatic rings. The van der Waals surface area contributed by atoms with Crippen LogP contribution in [0.25, 0.3) is 0 Å². The molecule has 1 aromatic heterocycles. The molecule has 1 aromatic rings. The highest BCUT2D eigenvalue weighted by molar-refractivity contribution is 4.99. The molecule has 0 unspecified atom stereocenters. The molecule has 17 heavy (non-hydrogen) atoms. The van der Waals surface area contributed by atoms with E-state index in [9.17, 15) is 0 Å². The van der Waals surface area contributed by atoms with Gasteiger partial charge >= 0.3 is 0 Å². The number of hydrogen-bond donors (Lipinski definition) is 1. The molecule has 96 valence electrons. The Morgan fingerprint density at radius 3 is 2.71 bits per heavy atom. The van der Waals surface area contributed by atoms with Crippen molar-refractivity contribution in [2.24, 2.45) is 5.41 Å². The minimum absolute atomic E-state index is 0.455. The molecule has 3 nitrogen and oxygen atoms in total. The maximum atomic E-state index is 4.55. The highest BCUT2D eigenvalue weighted by Crippen LogP contribution is 2.36.